The van der Waals surface area contributed by atoms with E-state index in [2.05, 4.69) is 27.9 Å². The number of halogens is 1. The van der Waals surface area contributed by atoms with Crippen LogP contribution in [0.25, 0.3) is 0 Å². The van der Waals surface area contributed by atoms with Gasteiger partial charge in [-0.2, -0.15) is 0 Å². The molecule has 0 aromatic heterocycles. The van der Waals surface area contributed by atoms with E-state index in [0.29, 0.717) is 25.2 Å². The van der Waals surface area contributed by atoms with Crippen molar-refractivity contribution in [2.45, 2.75) is 39.8 Å². The van der Waals surface area contributed by atoms with Gasteiger partial charge in [-0.1, -0.05) is 43.7 Å². The Hall–Kier alpha value is -2.29. The maximum absolute atomic E-state index is 12.1. The number of hydrogen-bond acceptors (Lipinski definition) is 3. The number of methoxy groups -OCH3 is 1. The molecule has 0 heterocycles. The van der Waals surface area contributed by atoms with Crippen molar-refractivity contribution in [3.8, 4) is 5.75 Å². The van der Waals surface area contributed by atoms with Gasteiger partial charge in [0.05, 0.1) is 13.7 Å². The average Bonchev–Trinajstić information content (AvgIpc) is 2.76. The van der Waals surface area contributed by atoms with Crippen LogP contribution < -0.4 is 20.7 Å². The molecule has 30 heavy (non-hydrogen) atoms. The third kappa shape index (κ3) is 8.61. The van der Waals surface area contributed by atoms with Gasteiger partial charge in [-0.25, -0.2) is 4.99 Å². The number of ether oxygens (including phenoxy) is 1. The fourth-order valence-electron chi connectivity index (χ4n) is 2.78. The smallest absolute Gasteiger partial charge is 0.251 e. The molecule has 2 aromatic carbocycles. The summed E-state index contributed by atoms with van der Waals surface area (Å²) in [6, 6.07) is 15.5. The number of guanidine groups is 1. The molecule has 2 aromatic rings. The highest BCUT2D eigenvalue weighted by Gasteiger charge is 2.05. The summed E-state index contributed by atoms with van der Waals surface area (Å²) in [7, 11) is 1.67. The van der Waals surface area contributed by atoms with E-state index in [0.717, 1.165) is 42.2 Å². The number of hydrogen-bond donors (Lipinski definition) is 3. The molecule has 0 aliphatic carbocycles. The lowest BCUT2D eigenvalue weighted by atomic mass is 10.1. The Morgan fingerprint density at radius 2 is 1.73 bits per heavy atom. The first kappa shape index (κ1) is 25.7. The Morgan fingerprint density at radius 3 is 2.40 bits per heavy atom. The lowest BCUT2D eigenvalue weighted by Gasteiger charge is -2.13. The Morgan fingerprint density at radius 1 is 1.00 bits per heavy atom. The number of aliphatic imine (C=N–C) groups is 1. The van der Waals surface area contributed by atoms with Gasteiger partial charge in [0.15, 0.2) is 5.96 Å². The molecule has 0 bridgehead atoms. The van der Waals surface area contributed by atoms with Crippen LogP contribution in [0.3, 0.4) is 0 Å². The van der Waals surface area contributed by atoms with Crippen molar-refractivity contribution in [1.82, 2.24) is 16.0 Å². The summed E-state index contributed by atoms with van der Waals surface area (Å²) in [5.74, 6) is 1.56. The minimum Gasteiger partial charge on any atom is -0.496 e. The number of amides is 1. The van der Waals surface area contributed by atoms with Crippen molar-refractivity contribution in [2.24, 2.45) is 4.99 Å². The molecule has 0 spiro atoms. The standard InChI is InChI=1S/C23H32N4O2.HI/c1-4-6-15-25-22(28)19-13-11-18(12-14-19)16-26-23(24-5-2)27-17-20-9-7-8-10-21(20)29-3;/h7-14H,4-6,15-17H2,1-3H3,(H,25,28)(H2,24,26,27);1H. The molecule has 0 fully saturated rings. The van der Waals surface area contributed by atoms with Crippen molar-refractivity contribution >= 4 is 35.8 Å². The third-order valence-corrected chi connectivity index (χ3v) is 4.43. The van der Waals surface area contributed by atoms with Crippen LogP contribution in [0.5, 0.6) is 5.75 Å². The largest absolute Gasteiger partial charge is 0.496 e. The lowest BCUT2D eigenvalue weighted by Crippen LogP contribution is -2.36. The Labute approximate surface area is 196 Å². The van der Waals surface area contributed by atoms with Crippen LogP contribution >= 0.6 is 24.0 Å². The molecule has 164 valence electrons. The number of carbonyl (C=O) groups excluding carboxylic acids is 1. The molecular formula is C23H33IN4O2. The van der Waals surface area contributed by atoms with Gasteiger partial charge in [0, 0.05) is 30.8 Å². The highest BCUT2D eigenvalue weighted by molar-refractivity contribution is 14.0. The Kier molecular flexibility index (Phi) is 12.6. The molecule has 7 heteroatoms. The Balaban J connectivity index is 0.00000450. The van der Waals surface area contributed by atoms with E-state index in [1.165, 1.54) is 0 Å². The summed E-state index contributed by atoms with van der Waals surface area (Å²) in [4.78, 5) is 16.7. The van der Waals surface area contributed by atoms with Crippen LogP contribution in [-0.2, 0) is 13.1 Å². The number of carbonyl (C=O) groups is 1. The predicted molar refractivity (Wildman–Crippen MR) is 134 cm³/mol. The molecule has 0 saturated carbocycles. The van der Waals surface area contributed by atoms with E-state index >= 15 is 0 Å². The number of nitrogens with one attached hydrogen (secondary N) is 3. The van der Waals surface area contributed by atoms with E-state index in [1.807, 2.05) is 55.5 Å². The summed E-state index contributed by atoms with van der Waals surface area (Å²) in [6.07, 6.45) is 2.06. The van der Waals surface area contributed by atoms with Crippen LogP contribution in [0.2, 0.25) is 0 Å². The SMILES string of the molecule is CCCCNC(=O)c1ccc(CN=C(NCC)NCc2ccccc2OC)cc1.I. The zero-order valence-electron chi connectivity index (χ0n) is 18.0. The summed E-state index contributed by atoms with van der Waals surface area (Å²) in [6.45, 7) is 6.77. The summed E-state index contributed by atoms with van der Waals surface area (Å²) < 4.78 is 5.40. The molecule has 0 unspecified atom stereocenters. The molecule has 0 radical (unpaired) electrons. The van der Waals surface area contributed by atoms with E-state index in [9.17, 15) is 4.79 Å². The Bertz CT molecular complexity index is 794. The minimum absolute atomic E-state index is 0. The summed E-state index contributed by atoms with van der Waals surface area (Å²) in [5.41, 5.74) is 2.79. The first-order valence-electron chi connectivity index (χ1n) is 10.2. The van der Waals surface area contributed by atoms with Crippen molar-refractivity contribution < 1.29 is 9.53 Å². The van der Waals surface area contributed by atoms with E-state index < -0.39 is 0 Å². The first-order chi connectivity index (χ1) is 14.2. The fraction of sp³-hybridized carbons (Fsp3) is 0.391. The summed E-state index contributed by atoms with van der Waals surface area (Å²) in [5, 5.41) is 9.52. The molecule has 2 rings (SSSR count). The van der Waals surface area contributed by atoms with E-state index in [4.69, 9.17) is 4.74 Å². The number of rotatable bonds is 10. The molecule has 0 saturated heterocycles. The number of unbranched alkanes of at least 4 members (excludes halogenated alkanes) is 1. The van der Waals surface area contributed by atoms with Crippen molar-refractivity contribution in [2.75, 3.05) is 20.2 Å². The van der Waals surface area contributed by atoms with Crippen LogP contribution in [0.4, 0.5) is 0 Å². The van der Waals surface area contributed by atoms with Gasteiger partial charge in [-0.3, -0.25) is 4.79 Å². The van der Waals surface area contributed by atoms with Crippen molar-refractivity contribution in [3.05, 3.63) is 65.2 Å². The second-order valence-corrected chi connectivity index (χ2v) is 6.67. The number of nitrogens with zero attached hydrogens (tertiary/aromatic N) is 1. The van der Waals surface area contributed by atoms with Crippen LogP contribution in [-0.4, -0.2) is 32.1 Å². The third-order valence-electron chi connectivity index (χ3n) is 4.43. The van der Waals surface area contributed by atoms with Gasteiger partial charge in [0.2, 0.25) is 0 Å². The van der Waals surface area contributed by atoms with Gasteiger partial charge in [0.25, 0.3) is 5.91 Å². The molecular weight excluding hydrogens is 491 g/mol. The van der Waals surface area contributed by atoms with E-state index in [1.54, 1.807) is 7.11 Å². The number of para-hydroxylation sites is 1. The molecule has 1 amide bonds. The van der Waals surface area contributed by atoms with Crippen LogP contribution in [0, 0.1) is 0 Å². The number of benzene rings is 2. The summed E-state index contributed by atoms with van der Waals surface area (Å²) >= 11 is 0. The zero-order chi connectivity index (χ0) is 20.9. The highest BCUT2D eigenvalue weighted by Crippen LogP contribution is 2.16. The fourth-order valence-corrected chi connectivity index (χ4v) is 2.78. The normalized spacial score (nSPS) is 10.7. The monoisotopic (exact) mass is 524 g/mol. The second kappa shape index (κ2) is 14.7. The second-order valence-electron chi connectivity index (χ2n) is 6.67. The lowest BCUT2D eigenvalue weighted by molar-refractivity contribution is 0.0953. The van der Waals surface area contributed by atoms with E-state index in [-0.39, 0.29) is 29.9 Å². The first-order valence-corrected chi connectivity index (χ1v) is 10.2. The average molecular weight is 524 g/mol. The maximum Gasteiger partial charge on any atom is 0.251 e. The highest BCUT2D eigenvalue weighted by atomic mass is 127. The van der Waals surface area contributed by atoms with Crippen molar-refractivity contribution in [1.29, 1.82) is 0 Å². The quantitative estimate of drug-likeness (QED) is 0.190. The minimum atomic E-state index is -0.0275. The van der Waals surface area contributed by atoms with Gasteiger partial charge in [0.1, 0.15) is 5.75 Å². The van der Waals surface area contributed by atoms with Crippen LogP contribution in [0.15, 0.2) is 53.5 Å². The van der Waals surface area contributed by atoms with Gasteiger partial charge >= 0.3 is 0 Å². The zero-order valence-corrected chi connectivity index (χ0v) is 20.4. The van der Waals surface area contributed by atoms with Gasteiger partial charge in [-0.05, 0) is 37.1 Å². The van der Waals surface area contributed by atoms with Gasteiger partial charge in [-0.15, -0.1) is 24.0 Å². The van der Waals surface area contributed by atoms with Crippen molar-refractivity contribution in [3.63, 3.8) is 0 Å². The molecule has 0 aliphatic rings. The molecule has 0 atom stereocenters. The molecule has 6 nitrogen and oxygen atoms in total. The van der Waals surface area contributed by atoms with Gasteiger partial charge < -0.3 is 20.7 Å². The molecule has 0 aliphatic heterocycles. The molecule has 3 N–H and O–H groups in total. The predicted octanol–water partition coefficient (Wildman–Crippen LogP) is 4.10. The maximum atomic E-state index is 12.1. The van der Waals surface area contributed by atoms with Crippen LogP contribution in [0.1, 0.15) is 48.2 Å². The topological polar surface area (TPSA) is 74.8 Å².